The third kappa shape index (κ3) is 2.39. The first kappa shape index (κ1) is 6.37. The molecule has 0 fully saturated rings. The summed E-state index contributed by atoms with van der Waals surface area (Å²) in [6, 6.07) is 0.228. The van der Waals surface area contributed by atoms with Gasteiger partial charge in [0.25, 0.3) is 0 Å². The van der Waals surface area contributed by atoms with Crippen molar-refractivity contribution < 1.29 is 8.22 Å². The minimum Gasteiger partial charge on any atom is -0.294 e. The van der Waals surface area contributed by atoms with Gasteiger partial charge in [-0.2, -0.15) is 0 Å². The SMILES string of the molecule is [2H]c1c([2H])c([2H])c(C([2H])([2H])N2CCc3sccc3C2)c(Cl)c1[2H]. The molecule has 0 atom stereocenters. The highest BCUT2D eigenvalue weighted by molar-refractivity contribution is 7.10. The lowest BCUT2D eigenvalue weighted by Gasteiger charge is -2.27. The summed E-state index contributed by atoms with van der Waals surface area (Å²) >= 11 is 7.73. The molecule has 0 saturated heterocycles. The molecule has 0 amide bonds. The van der Waals surface area contributed by atoms with E-state index in [1.54, 1.807) is 16.2 Å². The maximum Gasteiger partial charge on any atom is 0.0639 e. The van der Waals surface area contributed by atoms with Crippen molar-refractivity contribution in [3.8, 4) is 0 Å². The first-order valence-corrected chi connectivity index (χ1v) is 6.57. The van der Waals surface area contributed by atoms with Crippen molar-refractivity contribution in [3.05, 3.63) is 56.6 Å². The van der Waals surface area contributed by atoms with E-state index in [9.17, 15) is 0 Å². The van der Waals surface area contributed by atoms with Crippen molar-refractivity contribution in [2.45, 2.75) is 19.5 Å². The Bertz CT molecular complexity index is 746. The maximum absolute atomic E-state index is 8.47. The second-order valence-corrected chi connectivity index (χ2v) is 5.22. The predicted octanol–water partition coefficient (Wildman–Crippen LogP) is 3.96. The Morgan fingerprint density at radius 1 is 1.47 bits per heavy atom. The van der Waals surface area contributed by atoms with E-state index in [1.165, 1.54) is 4.88 Å². The van der Waals surface area contributed by atoms with E-state index in [-0.39, 0.29) is 10.6 Å². The minimum absolute atomic E-state index is 0.191. The van der Waals surface area contributed by atoms with Crippen LogP contribution in [0.2, 0.25) is 5.02 Å². The summed E-state index contributed by atoms with van der Waals surface area (Å²) in [5.41, 5.74) is 0.867. The van der Waals surface area contributed by atoms with Gasteiger partial charge in [-0.05, 0) is 35.0 Å². The summed E-state index contributed by atoms with van der Waals surface area (Å²) in [7, 11) is 0. The van der Waals surface area contributed by atoms with Crippen LogP contribution in [-0.4, -0.2) is 11.4 Å². The predicted molar refractivity (Wildman–Crippen MR) is 73.6 cm³/mol. The molecule has 1 aromatic heterocycles. The van der Waals surface area contributed by atoms with Crippen molar-refractivity contribution in [1.82, 2.24) is 4.90 Å². The van der Waals surface area contributed by atoms with Crippen LogP contribution in [0.25, 0.3) is 0 Å². The van der Waals surface area contributed by atoms with Crippen LogP contribution in [0, 0.1) is 0 Å². The average molecular weight is 270 g/mol. The molecule has 1 aromatic carbocycles. The van der Waals surface area contributed by atoms with Gasteiger partial charge in [-0.25, -0.2) is 0 Å². The lowest BCUT2D eigenvalue weighted by Crippen LogP contribution is -2.29. The summed E-state index contributed by atoms with van der Waals surface area (Å²) in [5.74, 6) is 0. The molecular weight excluding hydrogens is 250 g/mol. The molecule has 0 aliphatic carbocycles. The van der Waals surface area contributed by atoms with E-state index in [4.69, 9.17) is 19.8 Å². The van der Waals surface area contributed by atoms with Crippen LogP contribution < -0.4 is 0 Å². The van der Waals surface area contributed by atoms with Crippen LogP contribution in [-0.2, 0) is 19.5 Å². The Hall–Kier alpha value is -0.830. The van der Waals surface area contributed by atoms with Crippen molar-refractivity contribution in [3.63, 3.8) is 0 Å². The van der Waals surface area contributed by atoms with Crippen LogP contribution in [0.4, 0.5) is 0 Å². The third-order valence-corrected chi connectivity index (χ3v) is 4.03. The van der Waals surface area contributed by atoms with E-state index in [1.807, 2.05) is 11.4 Å². The Morgan fingerprint density at radius 2 is 2.35 bits per heavy atom. The minimum atomic E-state index is -2.08. The molecule has 0 saturated carbocycles. The standard InChI is InChI=1S/C14H14ClNS/c15-13-4-2-1-3-11(13)9-16-7-5-14-12(10-16)6-8-17-14/h1-4,6,8H,5,7,9-10H2/i1D,2D,3D,4D,9D2. The lowest BCUT2D eigenvalue weighted by atomic mass is 10.1. The summed E-state index contributed by atoms with van der Waals surface area (Å²) < 4.78 is 48.2. The van der Waals surface area contributed by atoms with Gasteiger partial charge in [0.2, 0.25) is 0 Å². The van der Waals surface area contributed by atoms with Gasteiger partial charge in [0.1, 0.15) is 0 Å². The highest BCUT2D eigenvalue weighted by Crippen LogP contribution is 2.26. The normalized spacial score (nSPS) is 21.7. The Morgan fingerprint density at radius 3 is 3.29 bits per heavy atom. The number of rotatable bonds is 2. The lowest BCUT2D eigenvalue weighted by molar-refractivity contribution is 0.247. The van der Waals surface area contributed by atoms with Crippen molar-refractivity contribution in [2.75, 3.05) is 6.54 Å². The fraction of sp³-hybridized carbons (Fsp3) is 0.286. The number of fused-ring (bicyclic) bond motifs is 1. The van der Waals surface area contributed by atoms with Crippen LogP contribution in [0.1, 0.15) is 24.2 Å². The zero-order chi connectivity index (χ0) is 16.9. The van der Waals surface area contributed by atoms with Crippen LogP contribution in [0.5, 0.6) is 0 Å². The van der Waals surface area contributed by atoms with Gasteiger partial charge in [0.15, 0.2) is 0 Å². The monoisotopic (exact) mass is 269 g/mol. The number of hydrogen-bond donors (Lipinski definition) is 0. The molecule has 0 spiro atoms. The molecule has 1 aliphatic rings. The molecule has 0 radical (unpaired) electrons. The molecule has 2 aromatic rings. The molecular formula is C14H14ClNS. The van der Waals surface area contributed by atoms with Crippen molar-refractivity contribution in [1.29, 1.82) is 0 Å². The third-order valence-electron chi connectivity index (χ3n) is 2.72. The van der Waals surface area contributed by atoms with E-state index in [0.29, 0.717) is 13.1 Å². The fourth-order valence-corrected chi connectivity index (χ4v) is 2.90. The summed E-state index contributed by atoms with van der Waals surface area (Å²) in [6.45, 7) is -1.21. The van der Waals surface area contributed by atoms with Crippen molar-refractivity contribution >= 4 is 22.9 Å². The average Bonchev–Trinajstić information content (AvgIpc) is 2.98. The van der Waals surface area contributed by atoms with Gasteiger partial charge in [-0.15, -0.1) is 11.3 Å². The highest BCUT2D eigenvalue weighted by atomic mass is 35.5. The number of thiophene rings is 1. The quantitative estimate of drug-likeness (QED) is 0.798. The Balaban J connectivity index is 2.07. The van der Waals surface area contributed by atoms with E-state index in [2.05, 4.69) is 0 Å². The fourth-order valence-electron chi connectivity index (χ4n) is 1.88. The number of nitrogens with zero attached hydrogens (tertiary/aromatic N) is 1. The summed E-state index contributed by atoms with van der Waals surface area (Å²) in [4.78, 5) is 2.81. The molecule has 3 heteroatoms. The summed E-state index contributed by atoms with van der Waals surface area (Å²) in [5, 5.41) is 1.72. The molecule has 3 rings (SSSR count). The highest BCUT2D eigenvalue weighted by Gasteiger charge is 2.17. The van der Waals surface area contributed by atoms with Gasteiger partial charge in [0, 0.05) is 32.2 Å². The molecule has 17 heavy (non-hydrogen) atoms. The van der Waals surface area contributed by atoms with Gasteiger partial charge in [0.05, 0.1) is 5.48 Å². The van der Waals surface area contributed by atoms with E-state index < -0.39 is 30.7 Å². The maximum atomic E-state index is 8.47. The first-order valence-electron chi connectivity index (χ1n) is 8.31. The van der Waals surface area contributed by atoms with Gasteiger partial charge < -0.3 is 0 Å². The first-order chi connectivity index (χ1) is 10.7. The Labute approximate surface area is 119 Å². The molecule has 1 aliphatic heterocycles. The van der Waals surface area contributed by atoms with Crippen LogP contribution in [0.15, 0.2) is 35.6 Å². The van der Waals surface area contributed by atoms with E-state index >= 15 is 0 Å². The molecule has 1 nitrogen and oxygen atoms in total. The largest absolute Gasteiger partial charge is 0.294 e. The van der Waals surface area contributed by atoms with Gasteiger partial charge >= 0.3 is 0 Å². The zero-order valence-electron chi connectivity index (χ0n) is 15.0. The smallest absolute Gasteiger partial charge is 0.0639 e. The van der Waals surface area contributed by atoms with Gasteiger partial charge in [-0.1, -0.05) is 29.7 Å². The topological polar surface area (TPSA) is 3.24 Å². The van der Waals surface area contributed by atoms with E-state index in [0.717, 1.165) is 12.0 Å². The number of benzene rings is 1. The number of halogens is 1. The molecule has 0 unspecified atom stereocenters. The van der Waals surface area contributed by atoms with Gasteiger partial charge in [-0.3, -0.25) is 4.90 Å². The second-order valence-electron chi connectivity index (χ2n) is 3.84. The molecule has 0 bridgehead atoms. The number of hydrogen-bond acceptors (Lipinski definition) is 2. The second kappa shape index (κ2) is 4.81. The molecule has 88 valence electrons. The zero-order valence-corrected chi connectivity index (χ0v) is 10.6. The van der Waals surface area contributed by atoms with Crippen molar-refractivity contribution in [2.24, 2.45) is 0 Å². The Kier molecular flexibility index (Phi) is 1.80. The van der Waals surface area contributed by atoms with Crippen LogP contribution in [0.3, 0.4) is 0 Å². The molecule has 2 heterocycles. The summed E-state index contributed by atoms with van der Waals surface area (Å²) in [6.07, 6.45) is 0.718. The molecule has 0 N–H and O–H groups in total. The van der Waals surface area contributed by atoms with Crippen LogP contribution >= 0.6 is 22.9 Å².